The van der Waals surface area contributed by atoms with E-state index < -0.39 is 10.0 Å². The van der Waals surface area contributed by atoms with Crippen LogP contribution in [0.3, 0.4) is 0 Å². The lowest BCUT2D eigenvalue weighted by Crippen LogP contribution is -2.28. The Morgan fingerprint density at radius 3 is 2.62 bits per heavy atom. The number of sulfonamides is 1. The number of carbonyl (C=O) groups is 1. The third-order valence-electron chi connectivity index (χ3n) is 5.73. The third kappa shape index (κ3) is 5.82. The molecule has 0 spiro atoms. The third-order valence-corrected chi connectivity index (χ3v) is 7.62. The number of benzene rings is 1. The van der Waals surface area contributed by atoms with Gasteiger partial charge in [-0.3, -0.25) is 4.79 Å². The Labute approximate surface area is 174 Å². The fraction of sp³-hybridized carbons (Fsp3) is 0.591. The van der Waals surface area contributed by atoms with Crippen molar-refractivity contribution in [2.24, 2.45) is 0 Å². The predicted molar refractivity (Wildman–Crippen MR) is 113 cm³/mol. The number of ether oxygens (including phenoxy) is 1. The van der Waals surface area contributed by atoms with Crippen LogP contribution in [-0.2, 0) is 21.2 Å². The molecule has 0 bridgehead atoms. The quantitative estimate of drug-likeness (QED) is 0.621. The fourth-order valence-electron chi connectivity index (χ4n) is 4.02. The topological polar surface area (TPSA) is 75.7 Å². The van der Waals surface area contributed by atoms with Crippen molar-refractivity contribution in [1.82, 2.24) is 9.62 Å². The second-order valence-corrected chi connectivity index (χ2v) is 9.73. The van der Waals surface area contributed by atoms with Gasteiger partial charge in [-0.2, -0.15) is 4.31 Å². The molecule has 7 heteroatoms. The number of hydrogen-bond donors (Lipinski definition) is 1. The Hall–Kier alpha value is -1.86. The van der Waals surface area contributed by atoms with Gasteiger partial charge in [0.25, 0.3) is 0 Å². The zero-order chi connectivity index (χ0) is 20.7. The zero-order valence-corrected chi connectivity index (χ0v) is 18.1. The van der Waals surface area contributed by atoms with Crippen LogP contribution in [0.15, 0.2) is 34.7 Å². The van der Waals surface area contributed by atoms with Gasteiger partial charge < -0.3 is 10.1 Å². The molecule has 0 radical (unpaired) electrons. The van der Waals surface area contributed by atoms with E-state index in [4.69, 9.17) is 4.74 Å². The number of aryl methyl sites for hydroxylation is 1. The summed E-state index contributed by atoms with van der Waals surface area (Å²) in [6.07, 6.45) is 10.6. The Bertz CT molecular complexity index is 842. The SMILES string of the molecule is COc1ccc(S(=O)(=O)N2CCCC2)cc1CCC(=O)NCCC1=CCCCC1. The van der Waals surface area contributed by atoms with Gasteiger partial charge in [-0.05, 0) is 75.1 Å². The second-order valence-electron chi connectivity index (χ2n) is 7.79. The van der Waals surface area contributed by atoms with Crippen LogP contribution >= 0.6 is 0 Å². The van der Waals surface area contributed by atoms with E-state index in [1.165, 1.54) is 22.7 Å². The Morgan fingerprint density at radius 2 is 1.93 bits per heavy atom. The number of rotatable bonds is 9. The highest BCUT2D eigenvalue weighted by atomic mass is 32.2. The van der Waals surface area contributed by atoms with Crippen LogP contribution in [0.4, 0.5) is 0 Å². The molecule has 1 fully saturated rings. The first-order valence-electron chi connectivity index (χ1n) is 10.6. The number of allylic oxidation sites excluding steroid dienone is 1. The summed E-state index contributed by atoms with van der Waals surface area (Å²) in [4.78, 5) is 12.5. The summed E-state index contributed by atoms with van der Waals surface area (Å²) < 4.78 is 32.5. The molecule has 1 aromatic rings. The molecule has 1 amide bonds. The van der Waals surface area contributed by atoms with Crippen LogP contribution in [0, 0.1) is 0 Å². The molecular formula is C22H32N2O4S. The van der Waals surface area contributed by atoms with Crippen LogP contribution in [0.2, 0.25) is 0 Å². The number of methoxy groups -OCH3 is 1. The van der Waals surface area contributed by atoms with Gasteiger partial charge in [0.1, 0.15) is 5.75 Å². The number of carbonyl (C=O) groups excluding carboxylic acids is 1. The summed E-state index contributed by atoms with van der Waals surface area (Å²) in [5.41, 5.74) is 2.19. The standard InChI is InChI=1S/C22H32N2O4S/c1-28-21-11-10-20(29(26,27)24-15-5-6-16-24)17-19(21)9-12-22(25)23-14-13-18-7-3-2-4-8-18/h7,10-11,17H,2-6,8-9,12-16H2,1H3,(H,23,25). The smallest absolute Gasteiger partial charge is 0.243 e. The van der Waals surface area contributed by atoms with Crippen molar-refractivity contribution >= 4 is 15.9 Å². The highest BCUT2D eigenvalue weighted by Gasteiger charge is 2.27. The molecule has 1 aromatic carbocycles. The van der Waals surface area contributed by atoms with Crippen molar-refractivity contribution in [2.75, 3.05) is 26.7 Å². The van der Waals surface area contributed by atoms with E-state index in [2.05, 4.69) is 11.4 Å². The Balaban J connectivity index is 1.57. The van der Waals surface area contributed by atoms with Gasteiger partial charge >= 0.3 is 0 Å². The minimum Gasteiger partial charge on any atom is -0.496 e. The summed E-state index contributed by atoms with van der Waals surface area (Å²) in [6, 6.07) is 4.94. The highest BCUT2D eigenvalue weighted by molar-refractivity contribution is 7.89. The molecule has 0 aromatic heterocycles. The van der Waals surface area contributed by atoms with Gasteiger partial charge in [0.2, 0.25) is 15.9 Å². The zero-order valence-electron chi connectivity index (χ0n) is 17.3. The van der Waals surface area contributed by atoms with E-state index in [0.717, 1.165) is 37.7 Å². The number of hydrogen-bond acceptors (Lipinski definition) is 4. The molecule has 1 N–H and O–H groups in total. The number of nitrogens with zero attached hydrogens (tertiary/aromatic N) is 1. The van der Waals surface area contributed by atoms with E-state index >= 15 is 0 Å². The molecule has 2 aliphatic rings. The average Bonchev–Trinajstić information content (AvgIpc) is 3.28. The average molecular weight is 421 g/mol. The van der Waals surface area contributed by atoms with Gasteiger partial charge in [-0.15, -0.1) is 0 Å². The molecule has 1 aliphatic carbocycles. The van der Waals surface area contributed by atoms with Crippen LogP contribution in [-0.4, -0.2) is 45.4 Å². The predicted octanol–water partition coefficient (Wildman–Crippen LogP) is 3.42. The normalized spacial score (nSPS) is 17.8. The minimum atomic E-state index is -3.48. The molecule has 3 rings (SSSR count). The first kappa shape index (κ1) is 21.8. The Morgan fingerprint density at radius 1 is 1.14 bits per heavy atom. The van der Waals surface area contributed by atoms with Crippen LogP contribution in [0.1, 0.15) is 56.9 Å². The van der Waals surface area contributed by atoms with Crippen molar-refractivity contribution in [3.05, 3.63) is 35.4 Å². The molecule has 1 aliphatic heterocycles. The Kier molecular flexibility index (Phi) is 7.72. The number of nitrogens with one attached hydrogen (secondary N) is 1. The number of amides is 1. The monoisotopic (exact) mass is 420 g/mol. The van der Waals surface area contributed by atoms with E-state index in [1.807, 2.05) is 0 Å². The highest BCUT2D eigenvalue weighted by Crippen LogP contribution is 2.27. The van der Waals surface area contributed by atoms with Crippen molar-refractivity contribution in [3.8, 4) is 5.75 Å². The summed E-state index contributed by atoms with van der Waals surface area (Å²) in [5.74, 6) is 0.599. The maximum Gasteiger partial charge on any atom is 0.243 e. The molecule has 1 saturated heterocycles. The summed E-state index contributed by atoms with van der Waals surface area (Å²) in [5, 5.41) is 2.98. The molecule has 0 saturated carbocycles. The van der Waals surface area contributed by atoms with Crippen LogP contribution in [0.5, 0.6) is 5.75 Å². The van der Waals surface area contributed by atoms with Crippen LogP contribution < -0.4 is 10.1 Å². The van der Waals surface area contributed by atoms with Gasteiger partial charge in [0, 0.05) is 26.1 Å². The maximum atomic E-state index is 12.8. The summed E-state index contributed by atoms with van der Waals surface area (Å²) in [7, 11) is -1.92. The lowest BCUT2D eigenvalue weighted by Gasteiger charge is -2.17. The molecule has 160 valence electrons. The lowest BCUT2D eigenvalue weighted by atomic mass is 9.97. The lowest BCUT2D eigenvalue weighted by molar-refractivity contribution is -0.121. The minimum absolute atomic E-state index is 0.0173. The van der Waals surface area contributed by atoms with Crippen molar-refractivity contribution in [1.29, 1.82) is 0 Å². The first-order chi connectivity index (χ1) is 14.0. The first-order valence-corrected chi connectivity index (χ1v) is 12.1. The molecular weight excluding hydrogens is 388 g/mol. The van der Waals surface area contributed by atoms with Gasteiger partial charge in [0.05, 0.1) is 12.0 Å². The van der Waals surface area contributed by atoms with E-state index in [1.54, 1.807) is 25.3 Å². The van der Waals surface area contributed by atoms with Crippen molar-refractivity contribution in [2.45, 2.75) is 62.7 Å². The summed E-state index contributed by atoms with van der Waals surface area (Å²) in [6.45, 7) is 1.80. The largest absolute Gasteiger partial charge is 0.496 e. The molecule has 0 unspecified atom stereocenters. The van der Waals surface area contributed by atoms with E-state index in [-0.39, 0.29) is 10.8 Å². The molecule has 6 nitrogen and oxygen atoms in total. The summed E-state index contributed by atoms with van der Waals surface area (Å²) >= 11 is 0. The molecule has 1 heterocycles. The molecule has 29 heavy (non-hydrogen) atoms. The van der Waals surface area contributed by atoms with Gasteiger partial charge in [-0.1, -0.05) is 11.6 Å². The fourth-order valence-corrected chi connectivity index (χ4v) is 5.59. The maximum absolute atomic E-state index is 12.8. The van der Waals surface area contributed by atoms with E-state index in [0.29, 0.717) is 38.2 Å². The molecule has 0 atom stereocenters. The van der Waals surface area contributed by atoms with E-state index in [9.17, 15) is 13.2 Å². The van der Waals surface area contributed by atoms with Gasteiger partial charge in [-0.25, -0.2) is 8.42 Å². The van der Waals surface area contributed by atoms with Crippen molar-refractivity contribution < 1.29 is 17.9 Å². The second kappa shape index (κ2) is 10.3. The van der Waals surface area contributed by atoms with Crippen LogP contribution in [0.25, 0.3) is 0 Å². The van der Waals surface area contributed by atoms with Crippen molar-refractivity contribution in [3.63, 3.8) is 0 Å². The van der Waals surface area contributed by atoms with Gasteiger partial charge in [0.15, 0.2) is 0 Å².